The molecule has 1 atom stereocenters. The number of halogens is 2. The molecular weight excluding hydrogens is 297 g/mol. The zero-order valence-corrected chi connectivity index (χ0v) is 11.2. The third-order valence-corrected chi connectivity index (χ3v) is 3.98. The van der Waals surface area contributed by atoms with Crippen molar-refractivity contribution in [2.75, 3.05) is 0 Å². The Labute approximate surface area is 114 Å². The van der Waals surface area contributed by atoms with Crippen LogP contribution in [0.5, 0.6) is 0 Å². The van der Waals surface area contributed by atoms with E-state index in [0.29, 0.717) is 0 Å². The molecule has 0 bridgehead atoms. The minimum absolute atomic E-state index is 0.128. The predicted molar refractivity (Wildman–Crippen MR) is 68.0 cm³/mol. The Morgan fingerprint density at radius 3 is 2.74 bits per heavy atom. The van der Waals surface area contributed by atoms with Gasteiger partial charge in [0.15, 0.2) is 5.82 Å². The summed E-state index contributed by atoms with van der Waals surface area (Å²) in [4.78, 5) is 10.2. The van der Waals surface area contributed by atoms with Crippen LogP contribution in [0.1, 0.15) is 6.42 Å². The highest BCUT2D eigenvalue weighted by atomic mass is 35.5. The van der Waals surface area contributed by atoms with Crippen LogP contribution in [0.15, 0.2) is 35.7 Å². The summed E-state index contributed by atoms with van der Waals surface area (Å²) < 4.78 is 39.3. The highest BCUT2D eigenvalue weighted by molar-refractivity contribution is 7.89. The molecule has 0 saturated heterocycles. The van der Waals surface area contributed by atoms with Crippen molar-refractivity contribution in [3.05, 3.63) is 41.7 Å². The molecule has 1 aromatic carbocycles. The minimum Gasteiger partial charge on any atom is -0.480 e. The number of carboxylic acid groups (broad SMARTS) is 1. The molecule has 104 valence electrons. The third-order valence-electron chi connectivity index (χ3n) is 2.20. The molecule has 19 heavy (non-hydrogen) atoms. The van der Waals surface area contributed by atoms with Crippen molar-refractivity contribution in [2.45, 2.75) is 17.4 Å². The standard InChI is InChI=1S/C11H11ClFNO4S/c1-2-4-8(11(15)16)14-19(17,18)9-6-3-5-7(12)10(9)13/h2-3,5-6,8,14H,1,4H2,(H,15,16). The van der Waals surface area contributed by atoms with E-state index >= 15 is 0 Å². The maximum atomic E-state index is 13.6. The third kappa shape index (κ3) is 3.76. The molecule has 0 heterocycles. The van der Waals surface area contributed by atoms with Gasteiger partial charge in [0.25, 0.3) is 0 Å². The normalized spacial score (nSPS) is 12.9. The van der Waals surface area contributed by atoms with Gasteiger partial charge in [0.1, 0.15) is 10.9 Å². The van der Waals surface area contributed by atoms with Crippen LogP contribution in [-0.4, -0.2) is 25.5 Å². The van der Waals surface area contributed by atoms with Crippen molar-refractivity contribution in [1.82, 2.24) is 4.72 Å². The average Bonchev–Trinajstić information content (AvgIpc) is 2.31. The molecule has 0 aromatic heterocycles. The van der Waals surface area contributed by atoms with Crippen molar-refractivity contribution in [3.63, 3.8) is 0 Å². The van der Waals surface area contributed by atoms with Crippen molar-refractivity contribution >= 4 is 27.6 Å². The van der Waals surface area contributed by atoms with E-state index < -0.39 is 32.7 Å². The van der Waals surface area contributed by atoms with Crippen LogP contribution in [0.2, 0.25) is 5.02 Å². The lowest BCUT2D eigenvalue weighted by Crippen LogP contribution is -2.40. The number of carboxylic acids is 1. The quantitative estimate of drug-likeness (QED) is 0.785. The van der Waals surface area contributed by atoms with Gasteiger partial charge in [-0.15, -0.1) is 6.58 Å². The molecule has 0 fully saturated rings. The van der Waals surface area contributed by atoms with Crippen molar-refractivity contribution in [1.29, 1.82) is 0 Å². The molecule has 0 aliphatic heterocycles. The largest absolute Gasteiger partial charge is 0.480 e. The van der Waals surface area contributed by atoms with E-state index in [9.17, 15) is 17.6 Å². The predicted octanol–water partition coefficient (Wildman–Crippen LogP) is 1.79. The van der Waals surface area contributed by atoms with Crippen LogP contribution in [0.3, 0.4) is 0 Å². The molecule has 0 radical (unpaired) electrons. The van der Waals surface area contributed by atoms with Crippen LogP contribution in [-0.2, 0) is 14.8 Å². The Morgan fingerprint density at radius 2 is 2.21 bits per heavy atom. The van der Waals surface area contributed by atoms with Gasteiger partial charge in [-0.2, -0.15) is 4.72 Å². The first-order valence-electron chi connectivity index (χ1n) is 5.09. The van der Waals surface area contributed by atoms with E-state index in [1.807, 2.05) is 4.72 Å². The van der Waals surface area contributed by atoms with Gasteiger partial charge in [-0.25, -0.2) is 12.8 Å². The Balaban J connectivity index is 3.14. The first kappa shape index (κ1) is 15.6. The first-order chi connectivity index (χ1) is 8.79. The minimum atomic E-state index is -4.32. The molecule has 1 aromatic rings. The zero-order valence-electron chi connectivity index (χ0n) is 9.64. The number of nitrogens with one attached hydrogen (secondary N) is 1. The first-order valence-corrected chi connectivity index (χ1v) is 6.95. The number of carbonyl (C=O) groups is 1. The van der Waals surface area contributed by atoms with Crippen molar-refractivity contribution in [3.8, 4) is 0 Å². The second kappa shape index (κ2) is 6.14. The summed E-state index contributed by atoms with van der Waals surface area (Å²) in [6.07, 6.45) is 1.12. The smallest absolute Gasteiger partial charge is 0.322 e. The van der Waals surface area contributed by atoms with E-state index in [-0.39, 0.29) is 11.4 Å². The SMILES string of the molecule is C=CCC(NS(=O)(=O)c1cccc(Cl)c1F)C(=O)O. The summed E-state index contributed by atoms with van der Waals surface area (Å²) in [5.74, 6) is -2.51. The second-order valence-electron chi connectivity index (χ2n) is 3.59. The molecule has 2 N–H and O–H groups in total. The molecule has 1 rings (SSSR count). The fourth-order valence-electron chi connectivity index (χ4n) is 1.31. The molecule has 0 spiro atoms. The molecule has 5 nitrogen and oxygen atoms in total. The van der Waals surface area contributed by atoms with E-state index in [0.717, 1.165) is 6.07 Å². The van der Waals surface area contributed by atoms with Gasteiger partial charge < -0.3 is 5.11 Å². The highest BCUT2D eigenvalue weighted by Gasteiger charge is 2.27. The summed E-state index contributed by atoms with van der Waals surface area (Å²) >= 11 is 5.48. The van der Waals surface area contributed by atoms with Gasteiger partial charge >= 0.3 is 5.97 Å². The Hall–Kier alpha value is -1.44. The van der Waals surface area contributed by atoms with Crippen LogP contribution >= 0.6 is 11.6 Å². The van der Waals surface area contributed by atoms with E-state index in [2.05, 4.69) is 6.58 Å². The number of hydrogen-bond acceptors (Lipinski definition) is 3. The zero-order chi connectivity index (χ0) is 14.6. The van der Waals surface area contributed by atoms with Crippen LogP contribution in [0, 0.1) is 5.82 Å². The van der Waals surface area contributed by atoms with E-state index in [1.54, 1.807) is 0 Å². The molecule has 0 aliphatic carbocycles. The van der Waals surface area contributed by atoms with E-state index in [4.69, 9.17) is 16.7 Å². The Morgan fingerprint density at radius 1 is 1.58 bits per heavy atom. The number of rotatable bonds is 6. The molecular formula is C11H11ClFNO4S. The molecule has 1 unspecified atom stereocenters. The number of benzene rings is 1. The monoisotopic (exact) mass is 307 g/mol. The van der Waals surface area contributed by atoms with Gasteiger partial charge in [0.2, 0.25) is 10.0 Å². The molecule has 0 amide bonds. The van der Waals surface area contributed by atoms with Crippen LogP contribution < -0.4 is 4.72 Å². The number of aliphatic carboxylic acids is 1. The molecule has 0 saturated carbocycles. The Kier molecular flexibility index (Phi) is 5.04. The van der Waals surface area contributed by atoms with Gasteiger partial charge in [-0.1, -0.05) is 23.7 Å². The average molecular weight is 308 g/mol. The maximum Gasteiger partial charge on any atom is 0.322 e. The second-order valence-corrected chi connectivity index (χ2v) is 5.68. The van der Waals surface area contributed by atoms with Gasteiger partial charge in [0, 0.05) is 0 Å². The summed E-state index contributed by atoms with van der Waals surface area (Å²) in [5, 5.41) is 8.48. The van der Waals surface area contributed by atoms with Crippen molar-refractivity contribution < 1.29 is 22.7 Å². The van der Waals surface area contributed by atoms with Crippen molar-refractivity contribution in [2.24, 2.45) is 0 Å². The maximum absolute atomic E-state index is 13.6. The lowest BCUT2D eigenvalue weighted by molar-refractivity contribution is -0.138. The fourth-order valence-corrected chi connectivity index (χ4v) is 2.84. The topological polar surface area (TPSA) is 83.5 Å². The summed E-state index contributed by atoms with van der Waals surface area (Å²) in [7, 11) is -4.32. The van der Waals surface area contributed by atoms with Gasteiger partial charge in [0.05, 0.1) is 5.02 Å². The summed E-state index contributed by atoms with van der Waals surface area (Å²) in [6, 6.07) is 2.02. The summed E-state index contributed by atoms with van der Waals surface area (Å²) in [5.41, 5.74) is 0. The van der Waals surface area contributed by atoms with Crippen LogP contribution in [0.25, 0.3) is 0 Å². The van der Waals surface area contributed by atoms with Gasteiger partial charge in [-0.3, -0.25) is 4.79 Å². The molecule has 0 aliphatic rings. The highest BCUT2D eigenvalue weighted by Crippen LogP contribution is 2.22. The summed E-state index contributed by atoms with van der Waals surface area (Å²) in [6.45, 7) is 3.32. The van der Waals surface area contributed by atoms with Gasteiger partial charge in [-0.05, 0) is 18.6 Å². The lowest BCUT2D eigenvalue weighted by atomic mass is 10.2. The Bertz CT molecular complexity index is 603. The molecule has 8 heteroatoms. The number of hydrogen-bond donors (Lipinski definition) is 2. The fraction of sp³-hybridized carbons (Fsp3) is 0.182. The van der Waals surface area contributed by atoms with Crippen LogP contribution in [0.4, 0.5) is 4.39 Å². The lowest BCUT2D eigenvalue weighted by Gasteiger charge is -2.13. The van der Waals surface area contributed by atoms with E-state index in [1.165, 1.54) is 18.2 Å². The number of sulfonamides is 1.